The Balaban J connectivity index is 1.53. The lowest BCUT2D eigenvalue weighted by atomic mass is 10.1. The van der Waals surface area contributed by atoms with Gasteiger partial charge >= 0.3 is 6.18 Å². The van der Waals surface area contributed by atoms with Gasteiger partial charge in [0, 0.05) is 41.5 Å². The molecule has 0 N–H and O–H groups in total. The molecule has 0 atom stereocenters. The number of carbonyl (C=O) groups is 1. The molecule has 0 aromatic heterocycles. The summed E-state index contributed by atoms with van der Waals surface area (Å²) in [5.74, 6) is -0.465. The zero-order valence-corrected chi connectivity index (χ0v) is 22.3. The number of benzene rings is 3. The monoisotopic (exact) mass is 559 g/mol. The SMILES string of the molecule is Cc1cc(C)cc(Sc2ccc(C#N)cc2S(=O)(=O)N2CCN(C(=O)c3ccc(C(F)(F)F)cc3)CC2)c1. The molecule has 1 heterocycles. The molecule has 198 valence electrons. The highest BCUT2D eigenvalue weighted by Crippen LogP contribution is 2.36. The molecule has 38 heavy (non-hydrogen) atoms. The second-order valence-corrected chi connectivity index (χ2v) is 12.0. The Bertz CT molecular complexity index is 1490. The summed E-state index contributed by atoms with van der Waals surface area (Å²) in [6, 6.07) is 16.4. The highest BCUT2D eigenvalue weighted by atomic mass is 32.2. The first-order valence-corrected chi connectivity index (χ1v) is 13.9. The van der Waals surface area contributed by atoms with Crippen molar-refractivity contribution in [3.05, 3.63) is 88.5 Å². The van der Waals surface area contributed by atoms with E-state index in [9.17, 15) is 31.6 Å². The molecule has 0 spiro atoms. The molecule has 3 aromatic rings. The average molecular weight is 560 g/mol. The number of carbonyl (C=O) groups excluding carboxylic acids is 1. The molecular formula is C27H24F3N3O3S2. The number of halogens is 3. The van der Waals surface area contributed by atoms with Gasteiger partial charge in [0.05, 0.1) is 22.1 Å². The smallest absolute Gasteiger partial charge is 0.336 e. The highest BCUT2D eigenvalue weighted by Gasteiger charge is 2.33. The van der Waals surface area contributed by atoms with Gasteiger partial charge in [-0.3, -0.25) is 4.79 Å². The van der Waals surface area contributed by atoms with Crippen LogP contribution in [0.4, 0.5) is 13.2 Å². The first kappa shape index (κ1) is 27.7. The fourth-order valence-electron chi connectivity index (χ4n) is 4.24. The van der Waals surface area contributed by atoms with Crippen LogP contribution in [0.25, 0.3) is 0 Å². The molecule has 6 nitrogen and oxygen atoms in total. The number of hydrogen-bond donors (Lipinski definition) is 0. The Morgan fingerprint density at radius 2 is 1.53 bits per heavy atom. The van der Waals surface area contributed by atoms with Crippen molar-refractivity contribution in [1.82, 2.24) is 9.21 Å². The van der Waals surface area contributed by atoms with Crippen LogP contribution in [0.2, 0.25) is 0 Å². The molecular weight excluding hydrogens is 535 g/mol. The number of sulfonamides is 1. The van der Waals surface area contributed by atoms with Crippen LogP contribution in [-0.2, 0) is 16.2 Å². The Kier molecular flexibility index (Phi) is 7.88. The molecule has 0 unspecified atom stereocenters. The van der Waals surface area contributed by atoms with Gasteiger partial charge in [-0.05, 0) is 79.6 Å². The molecule has 4 rings (SSSR count). The zero-order valence-electron chi connectivity index (χ0n) is 20.6. The minimum absolute atomic E-state index is 0.0130. The molecule has 1 fully saturated rings. The standard InChI is InChI=1S/C27H24F3N3O3S2/c1-18-13-19(2)15-23(14-18)37-24-8-3-20(17-31)16-25(24)38(35,36)33-11-9-32(10-12-33)26(34)21-4-6-22(7-5-21)27(28,29)30/h3-8,13-16H,9-12H2,1-2H3. The van der Waals surface area contributed by atoms with Crippen LogP contribution in [0.3, 0.4) is 0 Å². The van der Waals surface area contributed by atoms with Gasteiger partial charge in [-0.15, -0.1) is 0 Å². The lowest BCUT2D eigenvalue weighted by Gasteiger charge is -2.34. The average Bonchev–Trinajstić information content (AvgIpc) is 2.87. The van der Waals surface area contributed by atoms with E-state index in [1.165, 1.54) is 27.0 Å². The molecule has 11 heteroatoms. The number of piperazine rings is 1. The second-order valence-electron chi connectivity index (χ2n) is 8.97. The maximum Gasteiger partial charge on any atom is 0.416 e. The lowest BCUT2D eigenvalue weighted by Crippen LogP contribution is -2.50. The van der Waals surface area contributed by atoms with Crippen LogP contribution >= 0.6 is 11.8 Å². The largest absolute Gasteiger partial charge is 0.416 e. The number of nitrogens with zero attached hydrogens (tertiary/aromatic N) is 3. The lowest BCUT2D eigenvalue weighted by molar-refractivity contribution is -0.137. The quantitative estimate of drug-likeness (QED) is 0.413. The number of aryl methyl sites for hydroxylation is 2. The number of rotatable bonds is 5. The third kappa shape index (κ3) is 6.04. The predicted molar refractivity (Wildman–Crippen MR) is 137 cm³/mol. The van der Waals surface area contributed by atoms with Crippen LogP contribution < -0.4 is 0 Å². The van der Waals surface area contributed by atoms with E-state index in [4.69, 9.17) is 0 Å². The summed E-state index contributed by atoms with van der Waals surface area (Å²) >= 11 is 1.30. The summed E-state index contributed by atoms with van der Waals surface area (Å²) in [6.07, 6.45) is -4.50. The van der Waals surface area contributed by atoms with E-state index < -0.39 is 27.7 Å². The fraction of sp³-hybridized carbons (Fsp3) is 0.259. The van der Waals surface area contributed by atoms with Gasteiger partial charge in [0.1, 0.15) is 0 Å². The minimum Gasteiger partial charge on any atom is -0.336 e. The van der Waals surface area contributed by atoms with Crippen LogP contribution in [-0.4, -0.2) is 49.7 Å². The summed E-state index contributed by atoms with van der Waals surface area (Å²) in [5, 5.41) is 9.39. The summed E-state index contributed by atoms with van der Waals surface area (Å²) in [7, 11) is -4.00. The molecule has 1 aliphatic rings. The van der Waals surface area contributed by atoms with Gasteiger partial charge in [-0.1, -0.05) is 17.8 Å². The van der Waals surface area contributed by atoms with E-state index in [-0.39, 0.29) is 42.2 Å². The topological polar surface area (TPSA) is 81.5 Å². The van der Waals surface area contributed by atoms with Crippen molar-refractivity contribution in [2.45, 2.75) is 34.7 Å². The van der Waals surface area contributed by atoms with Crippen LogP contribution in [0, 0.1) is 25.2 Å². The Morgan fingerprint density at radius 3 is 2.08 bits per heavy atom. The molecule has 1 aliphatic heterocycles. The summed E-state index contributed by atoms with van der Waals surface area (Å²) in [5.41, 5.74) is 1.55. The van der Waals surface area contributed by atoms with Crippen molar-refractivity contribution in [3.63, 3.8) is 0 Å². The van der Waals surface area contributed by atoms with Crippen molar-refractivity contribution in [1.29, 1.82) is 5.26 Å². The molecule has 0 aliphatic carbocycles. The number of hydrogen-bond acceptors (Lipinski definition) is 5. The van der Waals surface area contributed by atoms with Gasteiger partial charge in [-0.2, -0.15) is 22.7 Å². The first-order valence-electron chi connectivity index (χ1n) is 11.7. The van der Waals surface area contributed by atoms with E-state index in [2.05, 4.69) is 0 Å². The first-order chi connectivity index (χ1) is 17.9. The number of nitriles is 1. The molecule has 0 bridgehead atoms. The predicted octanol–water partition coefficient (Wildman–Crippen LogP) is 5.49. The Hall–Kier alpha value is -3.33. The van der Waals surface area contributed by atoms with Crippen LogP contribution in [0.1, 0.15) is 32.6 Å². The van der Waals surface area contributed by atoms with E-state index >= 15 is 0 Å². The molecule has 1 amide bonds. The van der Waals surface area contributed by atoms with E-state index in [1.807, 2.05) is 38.1 Å². The van der Waals surface area contributed by atoms with E-state index in [0.29, 0.717) is 4.90 Å². The minimum atomic E-state index is -4.50. The van der Waals surface area contributed by atoms with E-state index in [1.54, 1.807) is 12.1 Å². The highest BCUT2D eigenvalue weighted by molar-refractivity contribution is 8.00. The van der Waals surface area contributed by atoms with Crippen molar-refractivity contribution >= 4 is 27.7 Å². The summed E-state index contributed by atoms with van der Waals surface area (Å²) in [6.45, 7) is 4.10. The molecule has 0 saturated carbocycles. The van der Waals surface area contributed by atoms with E-state index in [0.717, 1.165) is 40.3 Å². The maximum absolute atomic E-state index is 13.7. The van der Waals surface area contributed by atoms with Crippen molar-refractivity contribution in [3.8, 4) is 6.07 Å². The zero-order chi connectivity index (χ0) is 27.7. The van der Waals surface area contributed by atoms with Crippen LogP contribution in [0.5, 0.6) is 0 Å². The van der Waals surface area contributed by atoms with Crippen LogP contribution in [0.15, 0.2) is 75.4 Å². The van der Waals surface area contributed by atoms with Gasteiger partial charge in [-0.25, -0.2) is 8.42 Å². The normalized spacial score (nSPS) is 14.8. The Labute approximate surface area is 223 Å². The molecule has 0 radical (unpaired) electrons. The number of amides is 1. The summed E-state index contributed by atoms with van der Waals surface area (Å²) in [4.78, 5) is 15.6. The summed E-state index contributed by atoms with van der Waals surface area (Å²) < 4.78 is 67.1. The van der Waals surface area contributed by atoms with Crippen molar-refractivity contribution < 1.29 is 26.4 Å². The van der Waals surface area contributed by atoms with Gasteiger partial charge in [0.2, 0.25) is 10.0 Å². The van der Waals surface area contributed by atoms with Gasteiger partial charge in [0.25, 0.3) is 5.91 Å². The third-order valence-corrected chi connectivity index (χ3v) is 9.21. The van der Waals surface area contributed by atoms with Gasteiger partial charge < -0.3 is 4.90 Å². The maximum atomic E-state index is 13.7. The molecule has 3 aromatic carbocycles. The van der Waals surface area contributed by atoms with Crippen molar-refractivity contribution in [2.75, 3.05) is 26.2 Å². The fourth-order valence-corrected chi connectivity index (χ4v) is 7.24. The van der Waals surface area contributed by atoms with Gasteiger partial charge in [0.15, 0.2) is 0 Å². The Morgan fingerprint density at radius 1 is 0.921 bits per heavy atom. The second kappa shape index (κ2) is 10.8. The third-order valence-electron chi connectivity index (χ3n) is 6.10. The number of alkyl halides is 3. The molecule has 1 saturated heterocycles. The van der Waals surface area contributed by atoms with Crippen molar-refractivity contribution in [2.24, 2.45) is 0 Å².